The summed E-state index contributed by atoms with van der Waals surface area (Å²) in [6.45, 7) is 7.28. The quantitative estimate of drug-likeness (QED) is 0.919. The van der Waals surface area contributed by atoms with Gasteiger partial charge < -0.3 is 5.11 Å². The van der Waals surface area contributed by atoms with Crippen LogP contribution in [0.4, 0.5) is 0 Å². The Morgan fingerprint density at radius 1 is 1.24 bits per heavy atom. The molecule has 1 heterocycles. The molecule has 1 saturated heterocycles. The first-order valence-electron chi connectivity index (χ1n) is 6.57. The van der Waals surface area contributed by atoms with Crippen molar-refractivity contribution in [1.29, 1.82) is 0 Å². The molecule has 1 fully saturated rings. The van der Waals surface area contributed by atoms with Crippen LogP contribution in [-0.4, -0.2) is 41.5 Å². The molecular formula is C14H19NO4S2. The summed E-state index contributed by atoms with van der Waals surface area (Å²) < 4.78 is 27.0. The van der Waals surface area contributed by atoms with Crippen molar-refractivity contribution in [3.8, 4) is 0 Å². The molecule has 1 aromatic carbocycles. The summed E-state index contributed by atoms with van der Waals surface area (Å²) in [7, 11) is -3.81. The fourth-order valence-electron chi connectivity index (χ4n) is 2.54. The maximum absolute atomic E-state index is 12.9. The Hall–Kier alpha value is -1.05. The number of thioether (sulfide) groups is 1. The molecule has 0 saturated carbocycles. The molecule has 1 aliphatic rings. The summed E-state index contributed by atoms with van der Waals surface area (Å²) in [6, 6.07) is 0.969. The highest BCUT2D eigenvalue weighted by Crippen LogP contribution is 2.33. The van der Waals surface area contributed by atoms with E-state index in [1.165, 1.54) is 11.8 Å². The highest BCUT2D eigenvalue weighted by molar-refractivity contribution is 8.00. The van der Waals surface area contributed by atoms with Crippen LogP contribution in [0.15, 0.2) is 11.0 Å². The van der Waals surface area contributed by atoms with E-state index in [1.807, 2.05) is 19.9 Å². The Morgan fingerprint density at radius 3 is 2.24 bits per heavy atom. The van der Waals surface area contributed by atoms with Gasteiger partial charge in [-0.1, -0.05) is 6.07 Å². The summed E-state index contributed by atoms with van der Waals surface area (Å²) in [6.07, 6.45) is 0. The monoisotopic (exact) mass is 329 g/mol. The number of carboxylic acid groups (broad SMARTS) is 1. The molecule has 116 valence electrons. The maximum atomic E-state index is 12.9. The molecule has 0 amide bonds. The number of nitrogens with zero attached hydrogens (tertiary/aromatic N) is 1. The van der Waals surface area contributed by atoms with E-state index in [4.69, 9.17) is 0 Å². The summed E-state index contributed by atoms with van der Waals surface area (Å²) in [5.41, 5.74) is 3.18. The zero-order valence-electron chi connectivity index (χ0n) is 12.5. The highest BCUT2D eigenvalue weighted by Gasteiger charge is 2.41. The van der Waals surface area contributed by atoms with Crippen LogP contribution in [0, 0.1) is 27.7 Å². The van der Waals surface area contributed by atoms with Crippen molar-refractivity contribution in [2.24, 2.45) is 0 Å². The minimum atomic E-state index is -3.81. The molecule has 1 aromatic rings. The Morgan fingerprint density at radius 2 is 1.76 bits per heavy atom. The van der Waals surface area contributed by atoms with E-state index in [9.17, 15) is 18.3 Å². The van der Waals surface area contributed by atoms with Crippen molar-refractivity contribution in [2.45, 2.75) is 38.6 Å². The molecule has 7 heteroatoms. The second kappa shape index (κ2) is 5.62. The van der Waals surface area contributed by atoms with Gasteiger partial charge in [0.25, 0.3) is 0 Å². The van der Waals surface area contributed by atoms with Gasteiger partial charge in [-0.3, -0.25) is 4.79 Å². The van der Waals surface area contributed by atoms with E-state index in [0.29, 0.717) is 11.1 Å². The molecule has 21 heavy (non-hydrogen) atoms. The van der Waals surface area contributed by atoms with Crippen LogP contribution in [0.2, 0.25) is 0 Å². The zero-order valence-corrected chi connectivity index (χ0v) is 14.1. The molecule has 0 aliphatic carbocycles. The fraction of sp³-hybridized carbons (Fsp3) is 0.500. The minimum Gasteiger partial charge on any atom is -0.480 e. The van der Waals surface area contributed by atoms with Crippen LogP contribution >= 0.6 is 11.8 Å². The molecule has 1 aliphatic heterocycles. The van der Waals surface area contributed by atoms with E-state index in [-0.39, 0.29) is 16.5 Å². The van der Waals surface area contributed by atoms with Gasteiger partial charge in [0.15, 0.2) is 0 Å². The maximum Gasteiger partial charge on any atom is 0.322 e. The molecule has 0 spiro atoms. The molecule has 0 unspecified atom stereocenters. The van der Waals surface area contributed by atoms with Crippen molar-refractivity contribution >= 4 is 27.8 Å². The minimum absolute atomic E-state index is 0.186. The molecule has 0 radical (unpaired) electrons. The predicted molar refractivity (Wildman–Crippen MR) is 83.2 cm³/mol. The molecule has 0 bridgehead atoms. The van der Waals surface area contributed by atoms with Crippen LogP contribution in [-0.2, 0) is 14.8 Å². The normalized spacial score (nSPS) is 19.9. The zero-order chi connectivity index (χ0) is 15.9. The first kappa shape index (κ1) is 16.3. The Labute approximate surface area is 129 Å². The van der Waals surface area contributed by atoms with Gasteiger partial charge >= 0.3 is 5.97 Å². The number of carbonyl (C=O) groups is 1. The molecule has 1 atom stereocenters. The molecule has 0 aromatic heterocycles. The molecule has 5 nitrogen and oxygen atoms in total. The van der Waals surface area contributed by atoms with Crippen LogP contribution in [0.3, 0.4) is 0 Å². The van der Waals surface area contributed by atoms with Gasteiger partial charge in [-0.25, -0.2) is 8.42 Å². The largest absolute Gasteiger partial charge is 0.480 e. The summed E-state index contributed by atoms with van der Waals surface area (Å²) in [5, 5.41) is 9.22. The Bertz CT molecular complexity index is 671. The summed E-state index contributed by atoms with van der Waals surface area (Å²) in [5.74, 6) is -0.619. The van der Waals surface area contributed by atoms with Gasteiger partial charge in [0.05, 0.1) is 10.8 Å². The first-order valence-corrected chi connectivity index (χ1v) is 9.17. The lowest BCUT2D eigenvalue weighted by Gasteiger charge is -2.24. The standard InChI is InChI=1S/C14H19NO4S2/c1-8-5-9(2)11(4)13(10(8)3)21(18,19)15-7-20-6-12(15)14(16)17/h5,12H,6-7H2,1-4H3,(H,16,17)/t12-/m0/s1. The third-order valence-electron chi connectivity index (χ3n) is 3.99. The Kier molecular flexibility index (Phi) is 4.37. The van der Waals surface area contributed by atoms with Crippen molar-refractivity contribution in [1.82, 2.24) is 4.31 Å². The highest BCUT2D eigenvalue weighted by atomic mass is 32.2. The third kappa shape index (κ3) is 2.69. The summed E-state index contributed by atoms with van der Waals surface area (Å²) >= 11 is 1.33. The van der Waals surface area contributed by atoms with E-state index in [0.717, 1.165) is 15.4 Å². The second-order valence-corrected chi connectivity index (χ2v) is 8.16. The number of sulfonamides is 1. The van der Waals surface area contributed by atoms with E-state index in [1.54, 1.807) is 13.8 Å². The average Bonchev–Trinajstić information content (AvgIpc) is 2.86. The smallest absolute Gasteiger partial charge is 0.322 e. The lowest BCUT2D eigenvalue weighted by molar-refractivity contribution is -0.140. The van der Waals surface area contributed by atoms with E-state index in [2.05, 4.69) is 0 Å². The number of aryl methyl sites for hydroxylation is 2. The van der Waals surface area contributed by atoms with Gasteiger partial charge in [0.2, 0.25) is 10.0 Å². The van der Waals surface area contributed by atoms with Crippen LogP contribution in [0.25, 0.3) is 0 Å². The lowest BCUT2D eigenvalue weighted by Crippen LogP contribution is -2.42. The SMILES string of the molecule is Cc1cc(C)c(C)c(S(=O)(=O)N2CSC[C@H]2C(=O)O)c1C. The number of benzene rings is 1. The number of hydrogen-bond donors (Lipinski definition) is 1. The number of aliphatic carboxylic acids is 1. The first-order chi connectivity index (χ1) is 9.67. The Balaban J connectivity index is 2.63. The third-order valence-corrected chi connectivity index (χ3v) is 7.30. The fourth-order valence-corrected chi connectivity index (χ4v) is 6.26. The van der Waals surface area contributed by atoms with Gasteiger partial charge in [-0.05, 0) is 49.9 Å². The van der Waals surface area contributed by atoms with Gasteiger partial charge in [0.1, 0.15) is 6.04 Å². The van der Waals surface area contributed by atoms with Crippen molar-refractivity contribution in [3.05, 3.63) is 28.3 Å². The van der Waals surface area contributed by atoms with Crippen molar-refractivity contribution in [2.75, 3.05) is 11.6 Å². The van der Waals surface area contributed by atoms with Crippen LogP contribution < -0.4 is 0 Å². The summed E-state index contributed by atoms with van der Waals surface area (Å²) in [4.78, 5) is 11.5. The van der Waals surface area contributed by atoms with Crippen LogP contribution in [0.1, 0.15) is 22.3 Å². The molecule has 1 N–H and O–H groups in total. The van der Waals surface area contributed by atoms with Gasteiger partial charge in [0, 0.05) is 5.75 Å². The predicted octanol–water partition coefficient (Wildman–Crippen LogP) is 2.07. The van der Waals surface area contributed by atoms with Crippen molar-refractivity contribution < 1.29 is 18.3 Å². The number of carboxylic acids is 1. The van der Waals surface area contributed by atoms with E-state index < -0.39 is 22.0 Å². The molecule has 2 rings (SSSR count). The van der Waals surface area contributed by atoms with Crippen LogP contribution in [0.5, 0.6) is 0 Å². The second-order valence-electron chi connectivity index (χ2n) is 5.34. The topological polar surface area (TPSA) is 74.7 Å². The molecular weight excluding hydrogens is 310 g/mol. The number of rotatable bonds is 3. The number of hydrogen-bond acceptors (Lipinski definition) is 4. The van der Waals surface area contributed by atoms with Crippen molar-refractivity contribution in [3.63, 3.8) is 0 Å². The van der Waals surface area contributed by atoms with E-state index >= 15 is 0 Å². The van der Waals surface area contributed by atoms with Gasteiger partial charge in [-0.2, -0.15) is 4.31 Å². The van der Waals surface area contributed by atoms with Gasteiger partial charge in [-0.15, -0.1) is 11.8 Å². The average molecular weight is 329 g/mol. The lowest BCUT2D eigenvalue weighted by atomic mass is 10.0.